The normalized spacial score (nSPS) is 12.8. The fourth-order valence-corrected chi connectivity index (χ4v) is 1.98. The van der Waals surface area contributed by atoms with E-state index in [4.69, 9.17) is 16.0 Å². The van der Waals surface area contributed by atoms with Crippen LogP contribution in [0.25, 0.3) is 4.85 Å². The molecule has 0 radical (unpaired) electrons. The first-order valence-corrected chi connectivity index (χ1v) is 8.52. The number of ether oxygens (including phenoxy) is 2. The molecular formula is C19H29N3O4. The second-order valence-electron chi connectivity index (χ2n) is 7.66. The van der Waals surface area contributed by atoms with E-state index in [1.165, 1.54) is 0 Å². The van der Waals surface area contributed by atoms with E-state index in [0.29, 0.717) is 18.0 Å². The first-order valence-electron chi connectivity index (χ1n) is 8.52. The molecule has 0 aliphatic heterocycles. The summed E-state index contributed by atoms with van der Waals surface area (Å²) in [5.41, 5.74) is -0.571. The molecule has 7 nitrogen and oxygen atoms in total. The SMILES string of the molecule is [C-]#[N+]c1ccccc1OCC(O)CNC(C)(C)CNC(=O)OC(C)(C)C. The topological polar surface area (TPSA) is 84.2 Å². The summed E-state index contributed by atoms with van der Waals surface area (Å²) < 4.78 is 10.7. The minimum Gasteiger partial charge on any atom is -0.502 e. The summed E-state index contributed by atoms with van der Waals surface area (Å²) in [7, 11) is 0. The van der Waals surface area contributed by atoms with Crippen LogP contribution in [-0.2, 0) is 4.74 Å². The summed E-state index contributed by atoms with van der Waals surface area (Å²) in [4.78, 5) is 15.1. The number of β-amino-alcohol motifs (C(OH)–C–C–N with tert-alkyl or cyclic N) is 1. The van der Waals surface area contributed by atoms with E-state index in [0.717, 1.165) is 0 Å². The van der Waals surface area contributed by atoms with Crippen molar-refractivity contribution in [2.75, 3.05) is 19.7 Å². The number of benzene rings is 1. The molecule has 26 heavy (non-hydrogen) atoms. The van der Waals surface area contributed by atoms with E-state index in [1.54, 1.807) is 45.0 Å². The minimum atomic E-state index is -0.755. The summed E-state index contributed by atoms with van der Waals surface area (Å²) in [6.07, 6.45) is -1.23. The summed E-state index contributed by atoms with van der Waals surface area (Å²) in [6.45, 7) is 17.0. The maximum absolute atomic E-state index is 11.7. The summed E-state index contributed by atoms with van der Waals surface area (Å²) >= 11 is 0. The third-order valence-corrected chi connectivity index (χ3v) is 3.31. The van der Waals surface area contributed by atoms with Gasteiger partial charge in [-0.05, 0) is 40.7 Å². The Kier molecular flexibility index (Phi) is 7.87. The van der Waals surface area contributed by atoms with Crippen LogP contribution >= 0.6 is 0 Å². The van der Waals surface area contributed by atoms with Crippen molar-refractivity contribution in [1.29, 1.82) is 0 Å². The highest BCUT2D eigenvalue weighted by molar-refractivity contribution is 5.67. The Morgan fingerprint density at radius 1 is 1.27 bits per heavy atom. The van der Waals surface area contributed by atoms with Gasteiger partial charge in [0.1, 0.15) is 24.1 Å². The molecule has 0 saturated heterocycles. The number of hydrogen-bond acceptors (Lipinski definition) is 5. The van der Waals surface area contributed by atoms with Crippen molar-refractivity contribution in [1.82, 2.24) is 10.6 Å². The molecule has 1 atom stereocenters. The van der Waals surface area contributed by atoms with E-state index in [1.807, 2.05) is 13.8 Å². The predicted octanol–water partition coefficient (Wildman–Crippen LogP) is 2.87. The first kappa shape index (κ1) is 21.7. The zero-order valence-electron chi connectivity index (χ0n) is 16.1. The van der Waals surface area contributed by atoms with E-state index in [9.17, 15) is 9.90 Å². The van der Waals surface area contributed by atoms with Crippen LogP contribution in [0.1, 0.15) is 34.6 Å². The van der Waals surface area contributed by atoms with Crippen molar-refractivity contribution in [3.05, 3.63) is 35.7 Å². The quantitative estimate of drug-likeness (QED) is 0.619. The van der Waals surface area contributed by atoms with Gasteiger partial charge in [0, 0.05) is 18.6 Å². The van der Waals surface area contributed by atoms with E-state index in [-0.39, 0.29) is 13.2 Å². The number of nitrogens with zero attached hydrogens (tertiary/aromatic N) is 1. The minimum absolute atomic E-state index is 0.0646. The summed E-state index contributed by atoms with van der Waals surface area (Å²) in [5, 5.41) is 16.0. The summed E-state index contributed by atoms with van der Waals surface area (Å²) in [6, 6.07) is 6.90. The predicted molar refractivity (Wildman–Crippen MR) is 101 cm³/mol. The molecule has 1 aromatic rings. The van der Waals surface area contributed by atoms with Crippen LogP contribution in [0.3, 0.4) is 0 Å². The van der Waals surface area contributed by atoms with E-state index in [2.05, 4.69) is 15.5 Å². The van der Waals surface area contributed by atoms with Gasteiger partial charge in [-0.1, -0.05) is 18.2 Å². The first-order chi connectivity index (χ1) is 12.0. The Balaban J connectivity index is 2.37. The molecular weight excluding hydrogens is 334 g/mol. The lowest BCUT2D eigenvalue weighted by Crippen LogP contribution is -2.52. The van der Waals surface area contributed by atoms with Gasteiger partial charge in [0.15, 0.2) is 0 Å². The van der Waals surface area contributed by atoms with E-state index < -0.39 is 23.3 Å². The molecule has 1 aromatic carbocycles. The second-order valence-corrected chi connectivity index (χ2v) is 7.66. The smallest absolute Gasteiger partial charge is 0.407 e. The highest BCUT2D eigenvalue weighted by Gasteiger charge is 2.22. The number of aliphatic hydroxyl groups is 1. The van der Waals surface area contributed by atoms with Gasteiger partial charge in [-0.3, -0.25) is 0 Å². The molecule has 1 rings (SSSR count). The van der Waals surface area contributed by atoms with Gasteiger partial charge < -0.3 is 25.2 Å². The molecule has 0 spiro atoms. The molecule has 0 bridgehead atoms. The number of alkyl carbamates (subject to hydrolysis) is 1. The molecule has 0 heterocycles. The van der Waals surface area contributed by atoms with E-state index >= 15 is 0 Å². The number of carbonyl (C=O) groups excluding carboxylic acids is 1. The fourth-order valence-electron chi connectivity index (χ4n) is 1.98. The van der Waals surface area contributed by atoms with Crippen LogP contribution in [0.15, 0.2) is 24.3 Å². The molecule has 7 heteroatoms. The molecule has 1 amide bonds. The largest absolute Gasteiger partial charge is 0.502 e. The van der Waals surface area contributed by atoms with Crippen molar-refractivity contribution < 1.29 is 19.4 Å². The van der Waals surface area contributed by atoms with Gasteiger partial charge >= 0.3 is 6.09 Å². The van der Waals surface area contributed by atoms with Crippen molar-refractivity contribution >= 4 is 11.8 Å². The maximum atomic E-state index is 11.7. The van der Waals surface area contributed by atoms with Gasteiger partial charge in [0.25, 0.3) is 0 Å². The van der Waals surface area contributed by atoms with Crippen molar-refractivity contribution in [3.8, 4) is 5.75 Å². The van der Waals surface area contributed by atoms with Crippen molar-refractivity contribution in [2.45, 2.75) is 51.9 Å². The highest BCUT2D eigenvalue weighted by Crippen LogP contribution is 2.26. The number of amides is 1. The number of hydrogen-bond donors (Lipinski definition) is 3. The third kappa shape index (κ3) is 8.70. The highest BCUT2D eigenvalue weighted by atomic mass is 16.6. The average Bonchev–Trinajstić information content (AvgIpc) is 2.55. The number of rotatable bonds is 8. The van der Waals surface area contributed by atoms with Crippen LogP contribution in [0.4, 0.5) is 10.5 Å². The number of carbonyl (C=O) groups is 1. The van der Waals surface area contributed by atoms with Crippen LogP contribution in [-0.4, -0.2) is 48.1 Å². The van der Waals surface area contributed by atoms with Crippen LogP contribution in [0, 0.1) is 6.57 Å². The molecule has 3 N–H and O–H groups in total. The lowest BCUT2D eigenvalue weighted by Gasteiger charge is -2.29. The van der Waals surface area contributed by atoms with Crippen LogP contribution < -0.4 is 15.4 Å². The van der Waals surface area contributed by atoms with Crippen LogP contribution in [0.5, 0.6) is 5.75 Å². The lowest BCUT2D eigenvalue weighted by atomic mass is 10.1. The zero-order chi connectivity index (χ0) is 19.8. The summed E-state index contributed by atoms with van der Waals surface area (Å²) in [5.74, 6) is 0.451. The Bertz CT molecular complexity index is 632. The molecule has 1 unspecified atom stereocenters. The van der Waals surface area contributed by atoms with Gasteiger partial charge in [-0.15, -0.1) is 0 Å². The third-order valence-electron chi connectivity index (χ3n) is 3.31. The Morgan fingerprint density at radius 3 is 2.54 bits per heavy atom. The average molecular weight is 363 g/mol. The van der Waals surface area contributed by atoms with Crippen LogP contribution in [0.2, 0.25) is 0 Å². The number of para-hydroxylation sites is 2. The molecule has 0 fully saturated rings. The molecule has 0 aliphatic rings. The zero-order valence-corrected chi connectivity index (χ0v) is 16.1. The number of aliphatic hydroxyl groups excluding tert-OH is 1. The van der Waals surface area contributed by atoms with Gasteiger partial charge in [0.05, 0.1) is 6.57 Å². The maximum Gasteiger partial charge on any atom is 0.407 e. The Hall–Kier alpha value is -2.30. The van der Waals surface area contributed by atoms with Crippen molar-refractivity contribution in [2.24, 2.45) is 0 Å². The standard InChI is InChI=1S/C19H29N3O4/c1-18(2,3)26-17(24)21-13-19(4,5)22-11-14(23)12-25-16-10-8-7-9-15(16)20-6/h7-10,14,22-23H,11-13H2,1-5H3,(H,21,24). The monoisotopic (exact) mass is 363 g/mol. The Morgan fingerprint density at radius 2 is 1.92 bits per heavy atom. The molecule has 0 aliphatic carbocycles. The van der Waals surface area contributed by atoms with Crippen molar-refractivity contribution in [3.63, 3.8) is 0 Å². The lowest BCUT2D eigenvalue weighted by molar-refractivity contribution is 0.0509. The van der Waals surface area contributed by atoms with Gasteiger partial charge in [-0.25, -0.2) is 9.64 Å². The molecule has 144 valence electrons. The second kappa shape index (κ2) is 9.41. The van der Waals surface area contributed by atoms with Gasteiger partial charge in [-0.2, -0.15) is 0 Å². The fraction of sp³-hybridized carbons (Fsp3) is 0.579. The Labute approximate surface area is 155 Å². The number of nitrogens with one attached hydrogen (secondary N) is 2. The molecule has 0 saturated carbocycles. The van der Waals surface area contributed by atoms with Gasteiger partial charge in [0.2, 0.25) is 5.69 Å². The molecule has 0 aromatic heterocycles.